The smallest absolute Gasteiger partial charge is 0.408 e. The molecule has 22 heavy (non-hydrogen) atoms. The molecule has 0 unspecified atom stereocenters. The summed E-state index contributed by atoms with van der Waals surface area (Å²) in [7, 11) is 0. The number of nitrogens with one attached hydrogen (secondary N) is 1. The van der Waals surface area contributed by atoms with Crippen molar-refractivity contribution in [2.75, 3.05) is 0 Å². The van der Waals surface area contributed by atoms with Crippen molar-refractivity contribution in [2.24, 2.45) is 0 Å². The van der Waals surface area contributed by atoms with Crippen LogP contribution in [0.15, 0.2) is 18.2 Å². The van der Waals surface area contributed by atoms with E-state index in [0.29, 0.717) is 6.29 Å². The molecule has 0 fully saturated rings. The molecular weight excluding hydrogens is 295 g/mol. The van der Waals surface area contributed by atoms with Crippen molar-refractivity contribution in [2.45, 2.75) is 38.8 Å². The lowest BCUT2D eigenvalue weighted by Gasteiger charge is -2.23. The van der Waals surface area contributed by atoms with Gasteiger partial charge in [-0.05, 0) is 26.8 Å². The predicted octanol–water partition coefficient (Wildman–Crippen LogP) is 2.89. The van der Waals surface area contributed by atoms with Gasteiger partial charge in [0.25, 0.3) is 5.69 Å². The first-order valence-electron chi connectivity index (χ1n) is 6.51. The molecule has 1 amide bonds. The molecule has 0 spiro atoms. The molecule has 0 heterocycles. The fourth-order valence-corrected chi connectivity index (χ4v) is 1.72. The first-order chi connectivity index (χ1) is 10.1. The number of aldehydes is 1. The quantitative estimate of drug-likeness (QED) is 0.512. The molecule has 0 aliphatic heterocycles. The number of carbonyl (C=O) groups is 2. The zero-order valence-corrected chi connectivity index (χ0v) is 12.5. The third-order valence-electron chi connectivity index (χ3n) is 2.59. The number of hydrogen-bond donors (Lipinski definition) is 1. The Balaban J connectivity index is 2.98. The molecule has 1 rings (SSSR count). The summed E-state index contributed by atoms with van der Waals surface area (Å²) in [6.07, 6.45) is -0.478. The lowest BCUT2D eigenvalue weighted by Crippen LogP contribution is -2.35. The van der Waals surface area contributed by atoms with E-state index in [0.717, 1.165) is 12.1 Å². The number of benzene rings is 1. The standard InChI is InChI=1S/C14H17FN2O5/c1-14(2,3)22-13(19)16-12(6-7-18)10-5-4-9(17(20)21)8-11(10)15/h4-5,7-8,12H,6H2,1-3H3,(H,16,19)/t12-/m0/s1. The highest BCUT2D eigenvalue weighted by Gasteiger charge is 2.23. The van der Waals surface area contributed by atoms with Gasteiger partial charge in [-0.3, -0.25) is 10.1 Å². The minimum Gasteiger partial charge on any atom is -0.444 e. The number of ether oxygens (including phenoxy) is 1. The molecule has 0 radical (unpaired) electrons. The monoisotopic (exact) mass is 312 g/mol. The van der Waals surface area contributed by atoms with Crippen LogP contribution < -0.4 is 5.32 Å². The Bertz CT molecular complexity index is 583. The number of halogens is 1. The Morgan fingerprint density at radius 3 is 2.59 bits per heavy atom. The summed E-state index contributed by atoms with van der Waals surface area (Å²) < 4.78 is 19.0. The lowest BCUT2D eigenvalue weighted by molar-refractivity contribution is -0.385. The minimum absolute atomic E-state index is 0.0245. The topological polar surface area (TPSA) is 98.5 Å². The highest BCUT2D eigenvalue weighted by Crippen LogP contribution is 2.24. The highest BCUT2D eigenvalue weighted by atomic mass is 19.1. The molecule has 1 atom stereocenters. The zero-order valence-electron chi connectivity index (χ0n) is 12.5. The van der Waals surface area contributed by atoms with Crippen molar-refractivity contribution in [3.8, 4) is 0 Å². The van der Waals surface area contributed by atoms with E-state index in [9.17, 15) is 24.1 Å². The number of carbonyl (C=O) groups excluding carboxylic acids is 2. The normalized spacial score (nSPS) is 12.4. The summed E-state index contributed by atoms with van der Waals surface area (Å²) in [6.45, 7) is 4.98. The van der Waals surface area contributed by atoms with Gasteiger partial charge in [-0.1, -0.05) is 0 Å². The summed E-state index contributed by atoms with van der Waals surface area (Å²) in [6, 6.07) is 2.05. The van der Waals surface area contributed by atoms with Gasteiger partial charge < -0.3 is 14.8 Å². The summed E-state index contributed by atoms with van der Waals surface area (Å²) in [4.78, 5) is 32.3. The van der Waals surface area contributed by atoms with E-state index in [1.165, 1.54) is 6.07 Å². The maximum absolute atomic E-state index is 14.0. The number of non-ortho nitro benzene ring substituents is 1. The number of nitrogens with zero attached hydrogens (tertiary/aromatic N) is 1. The van der Waals surface area contributed by atoms with Gasteiger partial charge in [-0.15, -0.1) is 0 Å². The van der Waals surface area contributed by atoms with Crippen LogP contribution in [0.1, 0.15) is 38.8 Å². The Labute approximate surface area is 126 Å². The van der Waals surface area contributed by atoms with E-state index >= 15 is 0 Å². The number of rotatable bonds is 5. The third kappa shape index (κ3) is 5.12. The third-order valence-corrected chi connectivity index (χ3v) is 2.59. The van der Waals surface area contributed by atoms with Crippen LogP contribution in [0.25, 0.3) is 0 Å². The van der Waals surface area contributed by atoms with Gasteiger partial charge in [-0.25, -0.2) is 9.18 Å². The zero-order chi connectivity index (χ0) is 16.9. The second kappa shape index (κ2) is 6.97. The van der Waals surface area contributed by atoms with Gasteiger partial charge in [0.15, 0.2) is 0 Å². The molecule has 0 saturated heterocycles. The van der Waals surface area contributed by atoms with Gasteiger partial charge in [0.05, 0.1) is 17.0 Å². The molecule has 0 aliphatic rings. The summed E-state index contributed by atoms with van der Waals surface area (Å²) in [5.41, 5.74) is -1.18. The Morgan fingerprint density at radius 2 is 2.14 bits per heavy atom. The van der Waals surface area contributed by atoms with E-state index < -0.39 is 34.2 Å². The van der Waals surface area contributed by atoms with E-state index in [2.05, 4.69) is 5.32 Å². The molecular formula is C14H17FN2O5. The molecule has 120 valence electrons. The van der Waals surface area contributed by atoms with Crippen LogP contribution >= 0.6 is 0 Å². The van der Waals surface area contributed by atoms with Gasteiger partial charge in [-0.2, -0.15) is 0 Å². The van der Waals surface area contributed by atoms with Crippen molar-refractivity contribution in [1.82, 2.24) is 5.32 Å². The Kier molecular flexibility index (Phi) is 5.56. The Morgan fingerprint density at radius 1 is 1.50 bits per heavy atom. The van der Waals surface area contributed by atoms with Crippen LogP contribution in [0.5, 0.6) is 0 Å². The fourth-order valence-electron chi connectivity index (χ4n) is 1.72. The largest absolute Gasteiger partial charge is 0.444 e. The number of nitro groups is 1. The molecule has 8 heteroatoms. The average molecular weight is 312 g/mol. The minimum atomic E-state index is -0.965. The molecule has 7 nitrogen and oxygen atoms in total. The average Bonchev–Trinajstić information content (AvgIpc) is 2.35. The molecule has 0 aromatic heterocycles. The first kappa shape index (κ1) is 17.5. The molecule has 0 bridgehead atoms. The van der Waals surface area contributed by atoms with Crippen molar-refractivity contribution in [1.29, 1.82) is 0 Å². The molecule has 1 N–H and O–H groups in total. The molecule has 1 aromatic carbocycles. The van der Waals surface area contributed by atoms with Crippen LogP contribution in [0.4, 0.5) is 14.9 Å². The summed E-state index contributed by atoms with van der Waals surface area (Å²) in [5, 5.41) is 13.0. The fraction of sp³-hybridized carbons (Fsp3) is 0.429. The molecule has 0 saturated carbocycles. The molecule has 1 aromatic rings. The van der Waals surface area contributed by atoms with E-state index in [1.54, 1.807) is 20.8 Å². The number of amides is 1. The highest BCUT2D eigenvalue weighted by molar-refractivity contribution is 5.69. The predicted molar refractivity (Wildman–Crippen MR) is 75.8 cm³/mol. The maximum Gasteiger partial charge on any atom is 0.408 e. The van der Waals surface area contributed by atoms with Gasteiger partial charge in [0, 0.05) is 18.1 Å². The second-order valence-corrected chi connectivity index (χ2v) is 5.56. The van der Waals surface area contributed by atoms with E-state index in [1.807, 2.05) is 0 Å². The van der Waals surface area contributed by atoms with Crippen LogP contribution in [-0.4, -0.2) is 22.9 Å². The molecule has 0 aliphatic carbocycles. The summed E-state index contributed by atoms with van der Waals surface area (Å²) in [5.74, 6) is -0.878. The van der Waals surface area contributed by atoms with Crippen molar-refractivity contribution in [3.05, 3.63) is 39.7 Å². The van der Waals surface area contributed by atoms with Crippen LogP contribution in [0.2, 0.25) is 0 Å². The van der Waals surface area contributed by atoms with Crippen LogP contribution in [0, 0.1) is 15.9 Å². The van der Waals surface area contributed by atoms with Gasteiger partial charge in [0.2, 0.25) is 0 Å². The second-order valence-electron chi connectivity index (χ2n) is 5.56. The number of nitro benzene ring substituents is 1. The maximum atomic E-state index is 14.0. The number of alkyl carbamates (subject to hydrolysis) is 1. The lowest BCUT2D eigenvalue weighted by atomic mass is 10.0. The number of hydrogen-bond acceptors (Lipinski definition) is 5. The van der Waals surface area contributed by atoms with Gasteiger partial charge in [0.1, 0.15) is 17.7 Å². The van der Waals surface area contributed by atoms with Crippen molar-refractivity contribution in [3.63, 3.8) is 0 Å². The Hall–Kier alpha value is -2.51. The van der Waals surface area contributed by atoms with Crippen LogP contribution in [0.3, 0.4) is 0 Å². The first-order valence-corrected chi connectivity index (χ1v) is 6.51. The van der Waals surface area contributed by atoms with E-state index in [4.69, 9.17) is 4.74 Å². The van der Waals surface area contributed by atoms with Gasteiger partial charge >= 0.3 is 6.09 Å². The SMILES string of the molecule is CC(C)(C)OC(=O)N[C@@H](CC=O)c1ccc([N+](=O)[O-])cc1F. The van der Waals surface area contributed by atoms with E-state index in [-0.39, 0.29) is 12.0 Å². The summed E-state index contributed by atoms with van der Waals surface area (Å²) >= 11 is 0. The van der Waals surface area contributed by atoms with Crippen molar-refractivity contribution >= 4 is 18.1 Å². The van der Waals surface area contributed by atoms with Crippen molar-refractivity contribution < 1.29 is 23.6 Å². The van der Waals surface area contributed by atoms with Crippen LogP contribution in [-0.2, 0) is 9.53 Å².